The molecule has 0 fully saturated rings. The SMILES string of the molecule is Cc1occc1-c1nnc(SCC(=O)N(C)Cc2ccc(Cl)cc2)o1. The number of benzene rings is 1. The number of carbonyl (C=O) groups is 1. The lowest BCUT2D eigenvalue weighted by Gasteiger charge is -2.16. The Bertz CT molecular complexity index is 860. The van der Waals surface area contributed by atoms with Crippen molar-refractivity contribution in [3.05, 3.63) is 52.9 Å². The van der Waals surface area contributed by atoms with Crippen molar-refractivity contribution < 1.29 is 13.6 Å². The Morgan fingerprint density at radius 2 is 2.00 bits per heavy atom. The molecule has 3 rings (SSSR count). The Hall–Kier alpha value is -2.25. The van der Waals surface area contributed by atoms with Crippen LogP contribution in [0.4, 0.5) is 0 Å². The number of amides is 1. The summed E-state index contributed by atoms with van der Waals surface area (Å²) < 4.78 is 10.8. The minimum absolute atomic E-state index is 0.0285. The highest BCUT2D eigenvalue weighted by Crippen LogP contribution is 2.26. The summed E-state index contributed by atoms with van der Waals surface area (Å²) in [6.07, 6.45) is 1.57. The number of aromatic nitrogens is 2. The average molecular weight is 378 g/mol. The maximum absolute atomic E-state index is 12.3. The Labute approximate surface area is 154 Å². The average Bonchev–Trinajstić information content (AvgIpc) is 3.23. The third-order valence-corrected chi connectivity index (χ3v) is 4.63. The van der Waals surface area contributed by atoms with Crippen molar-refractivity contribution in [2.45, 2.75) is 18.7 Å². The standard InChI is InChI=1S/C17H16ClN3O3S/c1-11-14(7-8-23-11)16-19-20-17(24-16)25-10-15(22)21(2)9-12-3-5-13(18)6-4-12/h3-8H,9-10H2,1-2H3. The van der Waals surface area contributed by atoms with Crippen LogP contribution in [0.1, 0.15) is 11.3 Å². The molecule has 0 bridgehead atoms. The van der Waals surface area contributed by atoms with Gasteiger partial charge in [-0.05, 0) is 30.7 Å². The molecule has 0 spiro atoms. The minimum atomic E-state index is -0.0285. The Morgan fingerprint density at radius 3 is 2.68 bits per heavy atom. The summed E-state index contributed by atoms with van der Waals surface area (Å²) in [5.41, 5.74) is 1.77. The van der Waals surface area contributed by atoms with Gasteiger partial charge in [-0.2, -0.15) is 0 Å². The number of furan rings is 1. The van der Waals surface area contributed by atoms with Crippen LogP contribution < -0.4 is 0 Å². The molecule has 0 N–H and O–H groups in total. The van der Waals surface area contributed by atoms with Gasteiger partial charge in [0.05, 0.1) is 17.6 Å². The van der Waals surface area contributed by atoms with Crippen molar-refractivity contribution in [1.82, 2.24) is 15.1 Å². The second kappa shape index (κ2) is 7.76. The van der Waals surface area contributed by atoms with E-state index in [1.807, 2.05) is 31.2 Å². The fourth-order valence-electron chi connectivity index (χ4n) is 2.17. The molecule has 0 saturated heterocycles. The molecule has 6 nitrogen and oxygen atoms in total. The molecule has 0 atom stereocenters. The van der Waals surface area contributed by atoms with Crippen LogP contribution in [-0.4, -0.2) is 33.8 Å². The number of halogens is 1. The molecule has 0 radical (unpaired) electrons. The summed E-state index contributed by atoms with van der Waals surface area (Å²) in [5.74, 6) is 1.28. The van der Waals surface area contributed by atoms with Crippen molar-refractivity contribution in [3.63, 3.8) is 0 Å². The van der Waals surface area contributed by atoms with E-state index in [1.54, 1.807) is 24.3 Å². The highest BCUT2D eigenvalue weighted by Gasteiger charge is 2.16. The predicted molar refractivity (Wildman–Crippen MR) is 95.4 cm³/mol. The van der Waals surface area contributed by atoms with E-state index in [9.17, 15) is 4.79 Å². The van der Waals surface area contributed by atoms with E-state index in [2.05, 4.69) is 10.2 Å². The van der Waals surface area contributed by atoms with Gasteiger partial charge in [0, 0.05) is 18.6 Å². The van der Waals surface area contributed by atoms with Crippen molar-refractivity contribution >= 4 is 29.3 Å². The Kier molecular flexibility index (Phi) is 5.45. The van der Waals surface area contributed by atoms with Gasteiger partial charge in [-0.1, -0.05) is 35.5 Å². The topological polar surface area (TPSA) is 72.4 Å². The number of aryl methyl sites for hydroxylation is 1. The molecule has 130 valence electrons. The molecule has 0 saturated carbocycles. The van der Waals surface area contributed by atoms with Crippen molar-refractivity contribution in [3.8, 4) is 11.5 Å². The van der Waals surface area contributed by atoms with Crippen molar-refractivity contribution in [2.75, 3.05) is 12.8 Å². The molecule has 0 unspecified atom stereocenters. The molecular formula is C17H16ClN3O3S. The number of nitrogens with zero attached hydrogens (tertiary/aromatic N) is 3. The predicted octanol–water partition coefficient (Wildman–Crippen LogP) is 4.04. The van der Waals surface area contributed by atoms with Gasteiger partial charge in [-0.3, -0.25) is 4.79 Å². The number of carbonyl (C=O) groups excluding carboxylic acids is 1. The normalized spacial score (nSPS) is 10.8. The largest absolute Gasteiger partial charge is 0.469 e. The van der Waals surface area contributed by atoms with Crippen LogP contribution in [0.2, 0.25) is 5.02 Å². The van der Waals surface area contributed by atoms with Gasteiger partial charge in [0.1, 0.15) is 5.76 Å². The minimum Gasteiger partial charge on any atom is -0.469 e. The summed E-state index contributed by atoms with van der Waals surface area (Å²) in [5, 5.41) is 8.97. The van der Waals surface area contributed by atoms with Crippen LogP contribution in [-0.2, 0) is 11.3 Å². The summed E-state index contributed by atoms with van der Waals surface area (Å²) in [4.78, 5) is 13.9. The van der Waals surface area contributed by atoms with E-state index in [4.69, 9.17) is 20.4 Å². The second-order valence-electron chi connectivity index (χ2n) is 5.43. The second-order valence-corrected chi connectivity index (χ2v) is 6.79. The Morgan fingerprint density at radius 1 is 1.24 bits per heavy atom. The molecule has 0 aliphatic carbocycles. The van der Waals surface area contributed by atoms with Gasteiger partial charge in [0.2, 0.25) is 5.91 Å². The van der Waals surface area contributed by atoms with Crippen LogP contribution in [0.15, 0.2) is 50.7 Å². The highest BCUT2D eigenvalue weighted by atomic mass is 35.5. The van der Waals surface area contributed by atoms with Crippen LogP contribution >= 0.6 is 23.4 Å². The fourth-order valence-corrected chi connectivity index (χ4v) is 3.00. The molecule has 0 aliphatic heterocycles. The van der Waals surface area contributed by atoms with E-state index in [-0.39, 0.29) is 11.7 Å². The van der Waals surface area contributed by atoms with Gasteiger partial charge in [0.25, 0.3) is 11.1 Å². The third-order valence-electron chi connectivity index (χ3n) is 3.57. The molecule has 1 aromatic carbocycles. The highest BCUT2D eigenvalue weighted by molar-refractivity contribution is 7.99. The zero-order valence-electron chi connectivity index (χ0n) is 13.7. The van der Waals surface area contributed by atoms with E-state index < -0.39 is 0 Å². The molecule has 8 heteroatoms. The molecule has 3 aromatic rings. The van der Waals surface area contributed by atoms with Crippen LogP contribution in [0.3, 0.4) is 0 Å². The van der Waals surface area contributed by atoms with E-state index in [1.165, 1.54) is 11.8 Å². The lowest BCUT2D eigenvalue weighted by atomic mass is 10.2. The number of hydrogen-bond acceptors (Lipinski definition) is 6. The zero-order chi connectivity index (χ0) is 17.8. The van der Waals surface area contributed by atoms with Gasteiger partial charge in [-0.15, -0.1) is 10.2 Å². The fraction of sp³-hybridized carbons (Fsp3) is 0.235. The van der Waals surface area contributed by atoms with Gasteiger partial charge >= 0.3 is 0 Å². The number of rotatable bonds is 6. The van der Waals surface area contributed by atoms with E-state index in [0.29, 0.717) is 28.4 Å². The van der Waals surface area contributed by atoms with E-state index in [0.717, 1.165) is 11.1 Å². The molecule has 1 amide bonds. The first-order valence-electron chi connectivity index (χ1n) is 7.52. The lowest BCUT2D eigenvalue weighted by Crippen LogP contribution is -2.27. The first kappa shape index (κ1) is 17.6. The van der Waals surface area contributed by atoms with E-state index >= 15 is 0 Å². The van der Waals surface area contributed by atoms with Crippen molar-refractivity contribution in [1.29, 1.82) is 0 Å². The zero-order valence-corrected chi connectivity index (χ0v) is 15.3. The van der Waals surface area contributed by atoms with Gasteiger partial charge in [-0.25, -0.2) is 0 Å². The summed E-state index contributed by atoms with van der Waals surface area (Å²) >= 11 is 7.07. The number of hydrogen-bond donors (Lipinski definition) is 0. The molecular weight excluding hydrogens is 362 g/mol. The molecule has 2 heterocycles. The summed E-state index contributed by atoms with van der Waals surface area (Å²) in [6.45, 7) is 2.33. The maximum atomic E-state index is 12.3. The first-order valence-corrected chi connectivity index (χ1v) is 8.88. The lowest BCUT2D eigenvalue weighted by molar-refractivity contribution is -0.127. The molecule has 25 heavy (non-hydrogen) atoms. The molecule has 2 aromatic heterocycles. The summed E-state index contributed by atoms with van der Waals surface area (Å²) in [6, 6.07) is 9.18. The van der Waals surface area contributed by atoms with Gasteiger partial charge < -0.3 is 13.7 Å². The van der Waals surface area contributed by atoms with Crippen molar-refractivity contribution in [2.24, 2.45) is 0 Å². The Balaban J connectivity index is 1.54. The first-order chi connectivity index (χ1) is 12.0. The number of thioether (sulfide) groups is 1. The third kappa shape index (κ3) is 4.43. The van der Waals surface area contributed by atoms with Gasteiger partial charge in [0.15, 0.2) is 0 Å². The quantitative estimate of drug-likeness (QED) is 0.603. The van der Waals surface area contributed by atoms with Crippen LogP contribution in [0, 0.1) is 6.92 Å². The van der Waals surface area contributed by atoms with Crippen LogP contribution in [0.25, 0.3) is 11.5 Å². The van der Waals surface area contributed by atoms with Crippen LogP contribution in [0.5, 0.6) is 0 Å². The monoisotopic (exact) mass is 377 g/mol. The molecule has 0 aliphatic rings. The summed E-state index contributed by atoms with van der Waals surface area (Å²) in [7, 11) is 1.76. The maximum Gasteiger partial charge on any atom is 0.277 e. The smallest absolute Gasteiger partial charge is 0.277 e.